The molecule has 56 heavy (non-hydrogen) atoms. The van der Waals surface area contributed by atoms with Crippen molar-refractivity contribution in [3.8, 4) is 0 Å². The maximum absolute atomic E-state index is 12.8. The number of phosphoric ester groups is 1. The van der Waals surface area contributed by atoms with Crippen molar-refractivity contribution in [3.05, 3.63) is 24.3 Å². The number of aliphatic hydroxyl groups excluding tert-OH is 5. The molecule has 328 valence electrons. The van der Waals surface area contributed by atoms with E-state index >= 15 is 0 Å². The number of phosphoric acid groups is 1. The van der Waals surface area contributed by atoms with Crippen LogP contribution in [0.25, 0.3) is 0 Å². The number of ether oxygens (including phenoxy) is 2. The summed E-state index contributed by atoms with van der Waals surface area (Å²) in [7, 11) is -5.11. The van der Waals surface area contributed by atoms with E-state index in [4.69, 9.17) is 18.5 Å². The van der Waals surface area contributed by atoms with E-state index in [2.05, 4.69) is 38.2 Å². The van der Waals surface area contributed by atoms with Crippen LogP contribution in [0.2, 0.25) is 0 Å². The third-order valence-corrected chi connectivity index (χ3v) is 11.0. The van der Waals surface area contributed by atoms with Crippen molar-refractivity contribution in [3.63, 3.8) is 0 Å². The van der Waals surface area contributed by atoms with Crippen molar-refractivity contribution in [1.82, 2.24) is 0 Å². The third kappa shape index (κ3) is 25.6. The minimum absolute atomic E-state index is 0.0861. The monoisotopic (exact) mass is 821 g/mol. The highest BCUT2D eigenvalue weighted by atomic mass is 31.2. The third-order valence-electron chi connectivity index (χ3n) is 10.0. The van der Waals surface area contributed by atoms with Crippen molar-refractivity contribution in [2.24, 2.45) is 0 Å². The number of rotatable bonds is 35. The summed E-state index contributed by atoms with van der Waals surface area (Å²) in [6, 6.07) is 0. The molecule has 0 bridgehead atoms. The van der Waals surface area contributed by atoms with E-state index < -0.39 is 75.7 Å². The van der Waals surface area contributed by atoms with Crippen LogP contribution in [0.3, 0.4) is 0 Å². The van der Waals surface area contributed by atoms with Gasteiger partial charge in [-0.15, -0.1) is 0 Å². The Hall–Kier alpha value is -1.67. The fraction of sp³-hybridized carbons (Fsp3) is 0.857. The van der Waals surface area contributed by atoms with Gasteiger partial charge < -0.3 is 39.9 Å². The maximum atomic E-state index is 12.8. The standard InChI is InChI=1S/C42H77O13P/c1-3-5-7-9-11-13-15-17-19-20-22-24-26-28-30-35(43)52-32-34(33-53-56(50,51)55-42-40(48)38(46)37(45)39(47)41(42)49)54-36(44)31-29-27-25-23-21-18-16-14-12-10-8-6-4-2/h14-17,34,37-42,45-49H,3-13,18-33H2,1-2H3,(H,50,51)/b16-14-,17-15-/t34-,37?,38-,39?,40?,41?,42?/m1/s1. The summed E-state index contributed by atoms with van der Waals surface area (Å²) in [6.45, 7) is 3.24. The van der Waals surface area contributed by atoms with E-state index in [9.17, 15) is 44.6 Å². The molecule has 0 aliphatic heterocycles. The average Bonchev–Trinajstić information content (AvgIpc) is 3.18. The molecule has 0 saturated heterocycles. The van der Waals surface area contributed by atoms with Crippen LogP contribution in [0.5, 0.6) is 0 Å². The first kappa shape index (κ1) is 52.3. The fourth-order valence-electron chi connectivity index (χ4n) is 6.45. The molecule has 0 spiro atoms. The van der Waals surface area contributed by atoms with Crippen molar-refractivity contribution < 1.29 is 63.1 Å². The summed E-state index contributed by atoms with van der Waals surface area (Å²) in [5.74, 6) is -1.12. The lowest BCUT2D eigenvalue weighted by atomic mass is 9.85. The lowest BCUT2D eigenvalue weighted by Gasteiger charge is -2.41. The molecule has 14 heteroatoms. The summed E-state index contributed by atoms with van der Waals surface area (Å²) in [5.41, 5.74) is 0. The molecule has 6 unspecified atom stereocenters. The van der Waals surface area contributed by atoms with E-state index in [1.54, 1.807) is 0 Å². The molecule has 1 rings (SSSR count). The first-order chi connectivity index (χ1) is 26.9. The Bertz CT molecular complexity index is 1090. The van der Waals surface area contributed by atoms with E-state index in [1.165, 1.54) is 57.8 Å². The van der Waals surface area contributed by atoms with E-state index in [-0.39, 0.29) is 12.8 Å². The van der Waals surface area contributed by atoms with Crippen molar-refractivity contribution in [1.29, 1.82) is 0 Å². The van der Waals surface area contributed by atoms with Gasteiger partial charge in [0.2, 0.25) is 0 Å². The average molecular weight is 821 g/mol. The Morgan fingerprint density at radius 1 is 0.536 bits per heavy atom. The topological polar surface area (TPSA) is 210 Å². The number of unbranched alkanes of at least 4 members (excludes halogenated alkanes) is 19. The minimum atomic E-state index is -5.11. The second-order valence-corrected chi connectivity index (χ2v) is 16.6. The summed E-state index contributed by atoms with van der Waals surface area (Å²) in [6.07, 6.45) is 21.0. The first-order valence-electron chi connectivity index (χ1n) is 21.6. The molecule has 1 aliphatic rings. The summed E-state index contributed by atoms with van der Waals surface area (Å²) in [4.78, 5) is 35.6. The number of carbonyl (C=O) groups excluding carboxylic acids is 2. The van der Waals surface area contributed by atoms with Crippen LogP contribution in [-0.4, -0.2) is 98.3 Å². The van der Waals surface area contributed by atoms with Gasteiger partial charge in [-0.05, 0) is 64.2 Å². The lowest BCUT2D eigenvalue weighted by Crippen LogP contribution is -2.64. The highest BCUT2D eigenvalue weighted by molar-refractivity contribution is 7.47. The molecule has 0 radical (unpaired) electrons. The van der Waals surface area contributed by atoms with Crippen LogP contribution < -0.4 is 0 Å². The summed E-state index contributed by atoms with van der Waals surface area (Å²) >= 11 is 0. The van der Waals surface area contributed by atoms with Gasteiger partial charge in [0.05, 0.1) is 6.61 Å². The molecular formula is C42H77O13P. The molecule has 8 atom stereocenters. The second kappa shape index (κ2) is 33.2. The fourth-order valence-corrected chi connectivity index (χ4v) is 7.42. The van der Waals surface area contributed by atoms with Crippen LogP contribution in [-0.2, 0) is 32.7 Å². The van der Waals surface area contributed by atoms with Crippen LogP contribution >= 0.6 is 7.82 Å². The van der Waals surface area contributed by atoms with Crippen LogP contribution in [0.4, 0.5) is 0 Å². The molecule has 0 heterocycles. The molecule has 0 aromatic rings. The zero-order valence-corrected chi connectivity index (χ0v) is 35.3. The Kier molecular flexibility index (Phi) is 31.0. The first-order valence-corrected chi connectivity index (χ1v) is 23.1. The van der Waals surface area contributed by atoms with Gasteiger partial charge >= 0.3 is 19.8 Å². The smallest absolute Gasteiger partial charge is 0.462 e. The number of carbonyl (C=O) groups is 2. The highest BCUT2D eigenvalue weighted by Crippen LogP contribution is 2.47. The molecule has 1 saturated carbocycles. The van der Waals surface area contributed by atoms with Gasteiger partial charge in [-0.25, -0.2) is 4.57 Å². The molecule has 0 aromatic heterocycles. The molecule has 6 N–H and O–H groups in total. The Balaban J connectivity index is 2.51. The predicted molar refractivity (Wildman–Crippen MR) is 217 cm³/mol. The molecule has 13 nitrogen and oxygen atoms in total. The number of hydrogen-bond donors (Lipinski definition) is 6. The number of allylic oxidation sites excluding steroid dienone is 4. The number of esters is 2. The number of aliphatic hydroxyl groups is 5. The zero-order valence-electron chi connectivity index (χ0n) is 34.4. The van der Waals surface area contributed by atoms with Gasteiger partial charge in [0.25, 0.3) is 0 Å². The van der Waals surface area contributed by atoms with Crippen molar-refractivity contribution in [2.45, 2.75) is 217 Å². The molecular weight excluding hydrogens is 743 g/mol. The Morgan fingerprint density at radius 2 is 0.911 bits per heavy atom. The minimum Gasteiger partial charge on any atom is -0.462 e. The summed E-state index contributed by atoms with van der Waals surface area (Å²) in [5, 5.41) is 50.0. The quantitative estimate of drug-likeness (QED) is 0.0157. The molecule has 1 fully saturated rings. The van der Waals surface area contributed by atoms with Gasteiger partial charge in [-0.3, -0.25) is 18.6 Å². The van der Waals surface area contributed by atoms with E-state index in [0.717, 1.165) is 77.0 Å². The van der Waals surface area contributed by atoms with Gasteiger partial charge in [0, 0.05) is 12.8 Å². The van der Waals surface area contributed by atoms with Crippen molar-refractivity contribution in [2.75, 3.05) is 13.2 Å². The van der Waals surface area contributed by atoms with E-state index in [1.807, 2.05) is 0 Å². The zero-order chi connectivity index (χ0) is 41.4. The van der Waals surface area contributed by atoms with Crippen LogP contribution in [0, 0.1) is 0 Å². The largest absolute Gasteiger partial charge is 0.472 e. The van der Waals surface area contributed by atoms with Gasteiger partial charge in [-0.2, -0.15) is 0 Å². The highest BCUT2D eigenvalue weighted by Gasteiger charge is 2.51. The maximum Gasteiger partial charge on any atom is 0.472 e. The van der Waals surface area contributed by atoms with Crippen LogP contribution in [0.1, 0.15) is 174 Å². The van der Waals surface area contributed by atoms with Gasteiger partial charge in [-0.1, -0.05) is 122 Å². The van der Waals surface area contributed by atoms with Crippen LogP contribution in [0.15, 0.2) is 24.3 Å². The van der Waals surface area contributed by atoms with E-state index in [0.29, 0.717) is 12.8 Å². The lowest BCUT2D eigenvalue weighted by molar-refractivity contribution is -0.220. The molecule has 0 amide bonds. The molecule has 1 aliphatic carbocycles. The summed E-state index contributed by atoms with van der Waals surface area (Å²) < 4.78 is 33.4. The predicted octanol–water partition coefficient (Wildman–Crippen LogP) is 7.67. The number of hydrogen-bond acceptors (Lipinski definition) is 12. The Labute approximate surface area is 336 Å². The van der Waals surface area contributed by atoms with Crippen molar-refractivity contribution >= 4 is 19.8 Å². The SMILES string of the molecule is CCCCCC/C=C\CCCCCCCC(=O)O[C@H](COC(=O)CCCCCCC/C=C\CCCCCCC)COP(=O)(O)OC1C(O)C(O)C(O)[C@@H](O)C1O. The molecule has 0 aromatic carbocycles. The Morgan fingerprint density at radius 3 is 1.38 bits per heavy atom. The van der Waals surface area contributed by atoms with Gasteiger partial charge in [0.15, 0.2) is 6.10 Å². The second-order valence-electron chi connectivity index (χ2n) is 15.2. The van der Waals surface area contributed by atoms with Gasteiger partial charge in [0.1, 0.15) is 43.2 Å². The normalized spacial score (nSPS) is 23.1.